The molecule has 1 aromatic carbocycles. The first-order chi connectivity index (χ1) is 14.7. The minimum Gasteiger partial charge on any atom is -0.506 e. The van der Waals surface area contributed by atoms with Gasteiger partial charge in [-0.3, -0.25) is 9.69 Å². The molecule has 2 N–H and O–H groups in total. The number of Topliss-reactive ketones (excluding diaryl/α,β-unsaturated/α-hetero) is 1. The van der Waals surface area contributed by atoms with Crippen molar-refractivity contribution in [1.29, 1.82) is 0 Å². The van der Waals surface area contributed by atoms with Gasteiger partial charge >= 0.3 is 6.18 Å². The number of carbonyl (C=O) groups excluding carboxylic acids is 1. The summed E-state index contributed by atoms with van der Waals surface area (Å²) in [7, 11) is 0. The van der Waals surface area contributed by atoms with E-state index in [0.717, 1.165) is 25.1 Å². The lowest BCUT2D eigenvalue weighted by Gasteiger charge is -2.20. The van der Waals surface area contributed by atoms with Crippen molar-refractivity contribution in [2.24, 2.45) is 11.8 Å². The predicted octanol–water partition coefficient (Wildman–Crippen LogP) is 3.94. The molecule has 1 aliphatic rings. The number of nitrogens with zero attached hydrogens (tertiary/aromatic N) is 2. The van der Waals surface area contributed by atoms with Crippen LogP contribution >= 0.6 is 0 Å². The Morgan fingerprint density at radius 2 is 1.84 bits per heavy atom. The highest BCUT2D eigenvalue weighted by molar-refractivity contribution is 5.95. The van der Waals surface area contributed by atoms with Gasteiger partial charge in [-0.1, -0.05) is 25.5 Å². The van der Waals surface area contributed by atoms with Crippen LogP contribution in [-0.2, 0) is 12.6 Å². The van der Waals surface area contributed by atoms with Gasteiger partial charge in [-0.15, -0.1) is 0 Å². The zero-order valence-corrected chi connectivity index (χ0v) is 17.3. The van der Waals surface area contributed by atoms with Crippen LogP contribution in [0.2, 0.25) is 0 Å². The minimum absolute atomic E-state index is 0.00543. The van der Waals surface area contributed by atoms with Crippen LogP contribution in [0.4, 0.5) is 13.2 Å². The molecule has 0 amide bonds. The van der Waals surface area contributed by atoms with Crippen molar-refractivity contribution in [2.45, 2.75) is 38.5 Å². The maximum atomic E-state index is 12.7. The van der Waals surface area contributed by atoms with Crippen LogP contribution < -0.4 is 0 Å². The van der Waals surface area contributed by atoms with E-state index in [-0.39, 0.29) is 24.0 Å². The number of ketones is 1. The van der Waals surface area contributed by atoms with Crippen LogP contribution in [0.3, 0.4) is 0 Å². The fraction of sp³-hybridized carbons (Fsp3) is 0.478. The Morgan fingerprint density at radius 1 is 1.16 bits per heavy atom. The van der Waals surface area contributed by atoms with Crippen LogP contribution in [0.15, 0.2) is 42.6 Å². The number of aliphatic hydroxyl groups is 1. The SMILES string of the molecule is CC[C@@H]1CN(CC(=O)c2ccc(O)cn2)C[C@@H]1C[C@H](O)Cc1ccc(C(F)(F)F)cc1. The van der Waals surface area contributed by atoms with Crippen LogP contribution in [-0.4, -0.2) is 51.6 Å². The summed E-state index contributed by atoms with van der Waals surface area (Å²) in [5.41, 5.74) is 0.268. The summed E-state index contributed by atoms with van der Waals surface area (Å²) in [6, 6.07) is 7.82. The molecule has 0 spiro atoms. The van der Waals surface area contributed by atoms with Crippen molar-refractivity contribution in [3.05, 3.63) is 59.4 Å². The number of rotatable bonds is 8. The first-order valence-corrected chi connectivity index (χ1v) is 10.4. The Kier molecular flexibility index (Phi) is 7.33. The van der Waals surface area contributed by atoms with Gasteiger partial charge in [-0.05, 0) is 54.5 Å². The second kappa shape index (κ2) is 9.78. The van der Waals surface area contributed by atoms with Crippen LogP contribution in [0, 0.1) is 11.8 Å². The molecule has 1 saturated heterocycles. The van der Waals surface area contributed by atoms with Crippen molar-refractivity contribution in [2.75, 3.05) is 19.6 Å². The number of aliphatic hydroxyl groups excluding tert-OH is 1. The smallest absolute Gasteiger partial charge is 0.416 e. The highest BCUT2D eigenvalue weighted by atomic mass is 19.4. The van der Waals surface area contributed by atoms with Gasteiger partial charge in [0.05, 0.1) is 24.4 Å². The van der Waals surface area contributed by atoms with E-state index >= 15 is 0 Å². The minimum atomic E-state index is -4.37. The molecule has 5 nitrogen and oxygen atoms in total. The maximum absolute atomic E-state index is 12.7. The first kappa shape index (κ1) is 23.2. The Hall–Kier alpha value is -2.45. The monoisotopic (exact) mass is 436 g/mol. The van der Waals surface area contributed by atoms with Crippen molar-refractivity contribution < 1.29 is 28.2 Å². The average Bonchev–Trinajstić information content (AvgIpc) is 3.09. The molecule has 3 rings (SSSR count). The van der Waals surface area contributed by atoms with E-state index < -0.39 is 17.8 Å². The lowest BCUT2D eigenvalue weighted by molar-refractivity contribution is -0.137. The molecule has 168 valence electrons. The molecular weight excluding hydrogens is 409 g/mol. The molecule has 31 heavy (non-hydrogen) atoms. The second-order valence-corrected chi connectivity index (χ2v) is 8.24. The van der Waals surface area contributed by atoms with Gasteiger partial charge in [0.2, 0.25) is 0 Å². The Morgan fingerprint density at radius 3 is 2.42 bits per heavy atom. The fourth-order valence-corrected chi connectivity index (χ4v) is 4.26. The van der Waals surface area contributed by atoms with Gasteiger partial charge < -0.3 is 10.2 Å². The highest BCUT2D eigenvalue weighted by Crippen LogP contribution is 2.32. The Labute approximate surface area is 179 Å². The summed E-state index contributed by atoms with van der Waals surface area (Å²) in [4.78, 5) is 18.5. The van der Waals surface area contributed by atoms with Crippen molar-refractivity contribution >= 4 is 5.78 Å². The first-order valence-electron chi connectivity index (χ1n) is 10.4. The van der Waals surface area contributed by atoms with Crippen molar-refractivity contribution in [3.63, 3.8) is 0 Å². The molecule has 1 aromatic heterocycles. The topological polar surface area (TPSA) is 73.7 Å². The van der Waals surface area contributed by atoms with Crippen molar-refractivity contribution in [3.8, 4) is 5.75 Å². The zero-order valence-electron chi connectivity index (χ0n) is 17.3. The third-order valence-corrected chi connectivity index (χ3v) is 5.90. The molecule has 2 aromatic rings. The number of pyridine rings is 1. The van der Waals surface area contributed by atoms with E-state index in [9.17, 15) is 28.2 Å². The average molecular weight is 436 g/mol. The van der Waals surface area contributed by atoms with Gasteiger partial charge in [0.25, 0.3) is 0 Å². The summed E-state index contributed by atoms with van der Waals surface area (Å²) in [5, 5.41) is 19.8. The third kappa shape index (κ3) is 6.27. The molecule has 0 unspecified atom stereocenters. The van der Waals surface area contributed by atoms with Crippen molar-refractivity contribution in [1.82, 2.24) is 9.88 Å². The van der Waals surface area contributed by atoms with Crippen LogP contribution in [0.5, 0.6) is 5.75 Å². The molecule has 1 aliphatic heterocycles. The predicted molar refractivity (Wildman–Crippen MR) is 110 cm³/mol. The lowest BCUT2D eigenvalue weighted by Crippen LogP contribution is -2.29. The number of hydrogen-bond donors (Lipinski definition) is 2. The number of aromatic nitrogens is 1. The largest absolute Gasteiger partial charge is 0.506 e. The van der Waals surface area contributed by atoms with Crippen LogP contribution in [0.1, 0.15) is 41.4 Å². The van der Waals surface area contributed by atoms with Crippen LogP contribution in [0.25, 0.3) is 0 Å². The molecule has 0 saturated carbocycles. The number of alkyl halides is 3. The summed E-state index contributed by atoms with van der Waals surface area (Å²) in [5.74, 6) is 0.421. The summed E-state index contributed by atoms with van der Waals surface area (Å²) < 4.78 is 38.1. The van der Waals surface area contributed by atoms with E-state index in [4.69, 9.17) is 0 Å². The summed E-state index contributed by atoms with van der Waals surface area (Å²) in [6.45, 7) is 3.72. The van der Waals surface area contributed by atoms with E-state index in [1.165, 1.54) is 30.5 Å². The molecular formula is C23H27F3N2O3. The molecule has 3 atom stereocenters. The molecule has 0 aliphatic carbocycles. The normalized spacial score (nSPS) is 20.7. The van der Waals surface area contributed by atoms with E-state index in [1.54, 1.807) is 0 Å². The fourth-order valence-electron chi connectivity index (χ4n) is 4.26. The van der Waals surface area contributed by atoms with Gasteiger partial charge in [0.1, 0.15) is 11.4 Å². The van der Waals surface area contributed by atoms with E-state index in [1.807, 2.05) is 0 Å². The van der Waals surface area contributed by atoms with Gasteiger partial charge in [0.15, 0.2) is 5.78 Å². The number of likely N-dealkylation sites (tertiary alicyclic amines) is 1. The number of aromatic hydroxyl groups is 1. The maximum Gasteiger partial charge on any atom is 0.416 e. The van der Waals surface area contributed by atoms with Gasteiger partial charge in [-0.2, -0.15) is 13.2 Å². The zero-order chi connectivity index (χ0) is 22.6. The third-order valence-electron chi connectivity index (χ3n) is 5.90. The summed E-state index contributed by atoms with van der Waals surface area (Å²) in [6.07, 6.45) is -2.05. The number of carbonyl (C=O) groups is 1. The van der Waals surface area contributed by atoms with Gasteiger partial charge in [0, 0.05) is 13.1 Å². The van der Waals surface area contributed by atoms with E-state index in [2.05, 4.69) is 16.8 Å². The molecule has 1 fully saturated rings. The lowest BCUT2D eigenvalue weighted by atomic mass is 9.87. The van der Waals surface area contributed by atoms with Gasteiger partial charge in [-0.25, -0.2) is 4.98 Å². The molecule has 2 heterocycles. The quantitative estimate of drug-likeness (QED) is 0.614. The molecule has 0 bridgehead atoms. The number of hydrogen-bond acceptors (Lipinski definition) is 5. The Bertz CT molecular complexity index is 869. The Balaban J connectivity index is 1.54. The summed E-state index contributed by atoms with van der Waals surface area (Å²) >= 11 is 0. The standard InChI is InChI=1S/C23H27F3N2O3/c1-2-16-12-28(14-22(31)21-8-7-19(29)11-27-21)13-17(16)10-20(30)9-15-3-5-18(6-4-15)23(24,25)26/h3-8,11,16-17,20,29-30H,2,9-10,12-14H2,1H3/t16-,17+,20-/m1/s1. The second-order valence-electron chi connectivity index (χ2n) is 8.24. The molecule has 0 radical (unpaired) electrons. The number of benzene rings is 1. The highest BCUT2D eigenvalue weighted by Gasteiger charge is 2.34. The van der Waals surface area contributed by atoms with E-state index in [0.29, 0.717) is 36.6 Å². The molecule has 8 heteroatoms. The number of halogens is 3.